The third kappa shape index (κ3) is 4.39. The molecule has 28 heavy (non-hydrogen) atoms. The third-order valence-electron chi connectivity index (χ3n) is 4.58. The Hall–Kier alpha value is -2.32. The Kier molecular flexibility index (Phi) is 6.41. The van der Waals surface area contributed by atoms with Crippen molar-refractivity contribution >= 4 is 39.2 Å². The second kappa shape index (κ2) is 8.79. The van der Waals surface area contributed by atoms with Crippen LogP contribution in [0.2, 0.25) is 0 Å². The number of methoxy groups -OCH3 is 1. The zero-order valence-corrected chi connectivity index (χ0v) is 18.0. The van der Waals surface area contributed by atoms with Crippen LogP contribution >= 0.6 is 23.1 Å². The van der Waals surface area contributed by atoms with E-state index in [1.807, 2.05) is 38.1 Å². The van der Waals surface area contributed by atoms with Crippen molar-refractivity contribution in [2.45, 2.75) is 26.1 Å². The topological polar surface area (TPSA) is 75.3 Å². The fourth-order valence-corrected chi connectivity index (χ4v) is 4.77. The van der Waals surface area contributed by atoms with Crippen molar-refractivity contribution < 1.29 is 9.53 Å². The Labute approximate surface area is 171 Å². The van der Waals surface area contributed by atoms with Crippen LogP contribution in [0.4, 0.5) is 0 Å². The Balaban J connectivity index is 1.59. The predicted molar refractivity (Wildman–Crippen MR) is 115 cm³/mol. The Morgan fingerprint density at radius 3 is 2.82 bits per heavy atom. The van der Waals surface area contributed by atoms with Crippen molar-refractivity contribution in [1.29, 1.82) is 0 Å². The van der Waals surface area contributed by atoms with E-state index >= 15 is 0 Å². The minimum atomic E-state index is -0.109. The number of hydrogen-bond acceptors (Lipinski definition) is 6. The van der Waals surface area contributed by atoms with Crippen LogP contribution in [0.1, 0.15) is 21.8 Å². The molecular weight excluding hydrogens is 394 g/mol. The molecule has 0 bridgehead atoms. The number of thiophene rings is 1. The number of para-hydroxylation sites is 1. The van der Waals surface area contributed by atoms with E-state index < -0.39 is 0 Å². The second-order valence-electron chi connectivity index (χ2n) is 6.53. The molecule has 0 fully saturated rings. The normalized spacial score (nSPS) is 11.0. The highest BCUT2D eigenvalue weighted by Crippen LogP contribution is 2.26. The Morgan fingerprint density at radius 2 is 2.07 bits per heavy atom. The highest BCUT2D eigenvalue weighted by Gasteiger charge is 2.14. The molecule has 0 unspecified atom stereocenters. The van der Waals surface area contributed by atoms with Crippen molar-refractivity contribution in [1.82, 2.24) is 14.9 Å². The van der Waals surface area contributed by atoms with Gasteiger partial charge in [0.05, 0.1) is 24.0 Å². The minimum Gasteiger partial charge on any atom is -0.496 e. The molecule has 6 nitrogen and oxygen atoms in total. The largest absolute Gasteiger partial charge is 0.496 e. The van der Waals surface area contributed by atoms with E-state index in [0.29, 0.717) is 29.3 Å². The standard InChI is InChI=1S/C20H23N3O3S2/c1-12-13(2)28-20-18(12)19(25)21-16(22-20)10-27-11-17(24)23(3)9-14-7-5-6-8-15(14)26-4/h5-8H,9-11H2,1-4H3,(H,21,22,25). The lowest BCUT2D eigenvalue weighted by Crippen LogP contribution is -2.28. The number of aryl methyl sites for hydroxylation is 2. The van der Waals surface area contributed by atoms with Crippen molar-refractivity contribution in [2.24, 2.45) is 0 Å². The molecule has 0 saturated heterocycles. The monoisotopic (exact) mass is 417 g/mol. The molecule has 2 heterocycles. The summed E-state index contributed by atoms with van der Waals surface area (Å²) in [5, 5.41) is 0.670. The number of aromatic nitrogens is 2. The lowest BCUT2D eigenvalue weighted by molar-refractivity contribution is -0.127. The minimum absolute atomic E-state index is 0.0159. The van der Waals surface area contributed by atoms with Crippen LogP contribution in [-0.2, 0) is 17.1 Å². The first-order valence-electron chi connectivity index (χ1n) is 8.83. The molecule has 0 aliphatic rings. The number of aromatic amines is 1. The van der Waals surface area contributed by atoms with E-state index in [1.54, 1.807) is 19.1 Å². The van der Waals surface area contributed by atoms with Crippen molar-refractivity contribution in [2.75, 3.05) is 19.9 Å². The molecule has 0 spiro atoms. The summed E-state index contributed by atoms with van der Waals surface area (Å²) in [5.41, 5.74) is 1.84. The van der Waals surface area contributed by atoms with Gasteiger partial charge in [0.25, 0.3) is 5.56 Å². The van der Waals surface area contributed by atoms with E-state index in [4.69, 9.17) is 4.74 Å². The van der Waals surface area contributed by atoms with Gasteiger partial charge in [0, 0.05) is 24.0 Å². The van der Waals surface area contributed by atoms with Gasteiger partial charge in [-0.3, -0.25) is 9.59 Å². The Bertz CT molecular complexity index is 1060. The summed E-state index contributed by atoms with van der Waals surface area (Å²) in [6, 6.07) is 7.66. The van der Waals surface area contributed by atoms with E-state index in [2.05, 4.69) is 9.97 Å². The number of ether oxygens (including phenoxy) is 1. The van der Waals surface area contributed by atoms with Crippen LogP contribution in [0, 0.1) is 13.8 Å². The number of thioether (sulfide) groups is 1. The van der Waals surface area contributed by atoms with E-state index in [9.17, 15) is 9.59 Å². The third-order valence-corrected chi connectivity index (χ3v) is 6.61. The van der Waals surface area contributed by atoms with E-state index in [1.165, 1.54) is 23.1 Å². The molecule has 1 amide bonds. The number of carbonyl (C=O) groups excluding carboxylic acids is 1. The van der Waals surface area contributed by atoms with Gasteiger partial charge in [-0.1, -0.05) is 18.2 Å². The van der Waals surface area contributed by atoms with Gasteiger partial charge in [0.2, 0.25) is 5.91 Å². The highest BCUT2D eigenvalue weighted by molar-refractivity contribution is 7.99. The Morgan fingerprint density at radius 1 is 1.32 bits per heavy atom. The molecule has 3 rings (SSSR count). The molecule has 2 aromatic heterocycles. The summed E-state index contributed by atoms with van der Waals surface area (Å²) in [6.45, 7) is 4.42. The maximum absolute atomic E-state index is 12.4. The van der Waals surface area contributed by atoms with Crippen LogP contribution in [0.3, 0.4) is 0 Å². The van der Waals surface area contributed by atoms with Crippen LogP contribution in [-0.4, -0.2) is 40.7 Å². The van der Waals surface area contributed by atoms with E-state index in [0.717, 1.165) is 26.6 Å². The number of benzene rings is 1. The summed E-state index contributed by atoms with van der Waals surface area (Å²) >= 11 is 2.97. The smallest absolute Gasteiger partial charge is 0.259 e. The maximum atomic E-state index is 12.4. The number of nitrogens with zero attached hydrogens (tertiary/aromatic N) is 2. The molecule has 1 N–H and O–H groups in total. The van der Waals surface area contributed by atoms with Crippen LogP contribution < -0.4 is 10.3 Å². The molecule has 0 aliphatic heterocycles. The van der Waals surface area contributed by atoms with Gasteiger partial charge >= 0.3 is 0 Å². The summed E-state index contributed by atoms with van der Waals surface area (Å²) in [7, 11) is 3.40. The van der Waals surface area contributed by atoms with Gasteiger partial charge < -0.3 is 14.6 Å². The van der Waals surface area contributed by atoms with Gasteiger partial charge in [-0.25, -0.2) is 4.98 Å². The average Bonchev–Trinajstić information content (AvgIpc) is 2.96. The number of carbonyl (C=O) groups is 1. The number of nitrogens with one attached hydrogen (secondary N) is 1. The molecule has 8 heteroatoms. The zero-order valence-electron chi connectivity index (χ0n) is 16.4. The molecule has 1 aromatic carbocycles. The predicted octanol–water partition coefficient (Wildman–Crippen LogP) is 3.50. The van der Waals surface area contributed by atoms with Gasteiger partial charge in [0.1, 0.15) is 16.4 Å². The first kappa shape index (κ1) is 20.4. The number of H-pyrrole nitrogens is 1. The van der Waals surface area contributed by atoms with E-state index in [-0.39, 0.29) is 11.5 Å². The summed E-state index contributed by atoms with van der Waals surface area (Å²) in [5.74, 6) is 2.18. The summed E-state index contributed by atoms with van der Waals surface area (Å²) in [6.07, 6.45) is 0. The quantitative estimate of drug-likeness (QED) is 0.637. The first-order valence-corrected chi connectivity index (χ1v) is 10.8. The van der Waals surface area contributed by atoms with Crippen molar-refractivity contribution in [3.05, 3.63) is 56.4 Å². The molecule has 0 atom stereocenters. The van der Waals surface area contributed by atoms with Gasteiger partial charge in [-0.2, -0.15) is 0 Å². The molecule has 0 radical (unpaired) electrons. The SMILES string of the molecule is COc1ccccc1CN(C)C(=O)CSCc1nc2sc(C)c(C)c2c(=O)[nH]1. The van der Waals surface area contributed by atoms with Gasteiger partial charge in [-0.15, -0.1) is 23.1 Å². The number of fused-ring (bicyclic) bond motifs is 1. The van der Waals surface area contributed by atoms with Gasteiger partial charge in [0.15, 0.2) is 0 Å². The number of rotatable bonds is 7. The highest BCUT2D eigenvalue weighted by atomic mass is 32.2. The molecular formula is C20H23N3O3S2. The fourth-order valence-electron chi connectivity index (χ4n) is 2.89. The van der Waals surface area contributed by atoms with Gasteiger partial charge in [-0.05, 0) is 25.5 Å². The summed E-state index contributed by atoms with van der Waals surface area (Å²) < 4.78 is 5.34. The van der Waals surface area contributed by atoms with Crippen LogP contribution in [0.25, 0.3) is 10.2 Å². The molecule has 148 valence electrons. The molecule has 0 saturated carbocycles. The number of hydrogen-bond donors (Lipinski definition) is 1. The lowest BCUT2D eigenvalue weighted by atomic mass is 10.2. The number of amides is 1. The first-order chi connectivity index (χ1) is 13.4. The second-order valence-corrected chi connectivity index (χ2v) is 8.72. The fraction of sp³-hybridized carbons (Fsp3) is 0.350. The van der Waals surface area contributed by atoms with Crippen molar-refractivity contribution in [3.63, 3.8) is 0 Å². The van der Waals surface area contributed by atoms with Crippen LogP contribution in [0.15, 0.2) is 29.1 Å². The lowest BCUT2D eigenvalue weighted by Gasteiger charge is -2.18. The molecule has 0 aliphatic carbocycles. The van der Waals surface area contributed by atoms with Crippen LogP contribution in [0.5, 0.6) is 5.75 Å². The maximum Gasteiger partial charge on any atom is 0.259 e. The zero-order chi connectivity index (χ0) is 20.3. The summed E-state index contributed by atoms with van der Waals surface area (Å²) in [4.78, 5) is 35.7. The molecule has 3 aromatic rings. The average molecular weight is 418 g/mol. The van der Waals surface area contributed by atoms with Crippen molar-refractivity contribution in [3.8, 4) is 5.75 Å².